The molecule has 5 heteroatoms. The third kappa shape index (κ3) is 2.53. The van der Waals surface area contributed by atoms with Gasteiger partial charge < -0.3 is 14.2 Å². The van der Waals surface area contributed by atoms with Gasteiger partial charge in [-0.15, -0.1) is 0 Å². The fourth-order valence-corrected chi connectivity index (χ4v) is 1.84. The van der Waals surface area contributed by atoms with Crippen LogP contribution in [-0.4, -0.2) is 33.3 Å². The lowest BCUT2D eigenvalue weighted by atomic mass is 9.82. The Morgan fingerprint density at radius 2 is 1.69 bits per heavy atom. The van der Waals surface area contributed by atoms with Crippen molar-refractivity contribution in [2.75, 3.05) is 21.3 Å². The van der Waals surface area contributed by atoms with Crippen LogP contribution in [0.2, 0.25) is 0 Å². The molecule has 2 unspecified atom stereocenters. The van der Waals surface area contributed by atoms with E-state index in [0.717, 1.165) is 0 Å². The first-order chi connectivity index (χ1) is 7.63. The summed E-state index contributed by atoms with van der Waals surface area (Å²) in [5, 5.41) is 0. The molecule has 1 aliphatic carbocycles. The van der Waals surface area contributed by atoms with Gasteiger partial charge in [0.2, 0.25) is 0 Å². The van der Waals surface area contributed by atoms with Gasteiger partial charge in [0.15, 0.2) is 0 Å². The zero-order chi connectivity index (χ0) is 12.1. The maximum atomic E-state index is 11.5. The summed E-state index contributed by atoms with van der Waals surface area (Å²) >= 11 is 0. The monoisotopic (exact) mass is 228 g/mol. The third-order valence-corrected chi connectivity index (χ3v) is 2.78. The van der Waals surface area contributed by atoms with E-state index in [9.17, 15) is 9.59 Å². The zero-order valence-electron chi connectivity index (χ0n) is 9.69. The Hall–Kier alpha value is -1.52. The van der Waals surface area contributed by atoms with Crippen molar-refractivity contribution >= 4 is 11.9 Å². The summed E-state index contributed by atoms with van der Waals surface area (Å²) in [4.78, 5) is 23.0. The number of hydrogen-bond donors (Lipinski definition) is 0. The van der Waals surface area contributed by atoms with Gasteiger partial charge in [-0.05, 0) is 12.5 Å². The minimum atomic E-state index is -0.516. The lowest BCUT2D eigenvalue weighted by Gasteiger charge is -2.26. The van der Waals surface area contributed by atoms with E-state index in [4.69, 9.17) is 4.74 Å². The van der Waals surface area contributed by atoms with Gasteiger partial charge in [0.05, 0.1) is 38.9 Å². The van der Waals surface area contributed by atoms with E-state index < -0.39 is 17.8 Å². The van der Waals surface area contributed by atoms with Crippen molar-refractivity contribution in [3.8, 4) is 0 Å². The predicted molar refractivity (Wildman–Crippen MR) is 55.3 cm³/mol. The van der Waals surface area contributed by atoms with Crippen LogP contribution in [0.15, 0.2) is 11.8 Å². The van der Waals surface area contributed by atoms with Crippen molar-refractivity contribution < 1.29 is 23.8 Å². The van der Waals surface area contributed by atoms with Crippen LogP contribution >= 0.6 is 0 Å². The standard InChI is InChI=1S/C11H16O5/c1-14-7-4-5-8(10(12)15-2)9(6-7)11(13)16-3/h4,8-9H,5-6H2,1-3H3. The average Bonchev–Trinajstić information content (AvgIpc) is 2.36. The molecule has 5 nitrogen and oxygen atoms in total. The molecule has 1 aliphatic rings. The minimum absolute atomic E-state index is 0.378. The van der Waals surface area contributed by atoms with Crippen LogP contribution in [0.25, 0.3) is 0 Å². The summed E-state index contributed by atoms with van der Waals surface area (Å²) in [6.45, 7) is 0. The number of rotatable bonds is 3. The maximum Gasteiger partial charge on any atom is 0.310 e. The zero-order valence-corrected chi connectivity index (χ0v) is 9.69. The van der Waals surface area contributed by atoms with E-state index in [2.05, 4.69) is 9.47 Å². The van der Waals surface area contributed by atoms with Crippen LogP contribution < -0.4 is 0 Å². The number of esters is 2. The van der Waals surface area contributed by atoms with Crippen LogP contribution in [0.5, 0.6) is 0 Å². The second kappa shape index (κ2) is 5.53. The summed E-state index contributed by atoms with van der Waals surface area (Å²) in [6, 6.07) is 0. The smallest absolute Gasteiger partial charge is 0.310 e. The van der Waals surface area contributed by atoms with Gasteiger partial charge in [-0.2, -0.15) is 0 Å². The molecule has 0 fully saturated rings. The van der Waals surface area contributed by atoms with Crippen molar-refractivity contribution in [3.05, 3.63) is 11.8 Å². The Labute approximate surface area is 94.4 Å². The lowest BCUT2D eigenvalue weighted by Crippen LogP contribution is -2.34. The van der Waals surface area contributed by atoms with Gasteiger partial charge in [0, 0.05) is 6.42 Å². The fourth-order valence-electron chi connectivity index (χ4n) is 1.84. The Morgan fingerprint density at radius 3 is 2.19 bits per heavy atom. The molecule has 0 bridgehead atoms. The number of carbonyl (C=O) groups is 2. The normalized spacial score (nSPS) is 24.3. The van der Waals surface area contributed by atoms with E-state index >= 15 is 0 Å². The molecule has 0 saturated heterocycles. The lowest BCUT2D eigenvalue weighted by molar-refractivity contribution is -0.158. The van der Waals surface area contributed by atoms with Crippen molar-refractivity contribution in [3.63, 3.8) is 0 Å². The van der Waals surface area contributed by atoms with E-state index in [1.807, 2.05) is 0 Å². The van der Waals surface area contributed by atoms with Crippen LogP contribution in [-0.2, 0) is 23.8 Å². The number of allylic oxidation sites excluding steroid dienone is 2. The van der Waals surface area contributed by atoms with Gasteiger partial charge >= 0.3 is 11.9 Å². The number of methoxy groups -OCH3 is 3. The molecular weight excluding hydrogens is 212 g/mol. The van der Waals surface area contributed by atoms with Gasteiger partial charge in [0.1, 0.15) is 0 Å². The van der Waals surface area contributed by atoms with E-state index in [1.165, 1.54) is 14.2 Å². The summed E-state index contributed by atoms with van der Waals surface area (Å²) in [6.07, 6.45) is 2.62. The first kappa shape index (κ1) is 12.5. The van der Waals surface area contributed by atoms with Crippen LogP contribution in [0.1, 0.15) is 12.8 Å². The number of ether oxygens (including phenoxy) is 3. The molecule has 0 heterocycles. The maximum absolute atomic E-state index is 11.5. The summed E-state index contributed by atoms with van der Waals surface area (Å²) < 4.78 is 14.4. The Kier molecular flexibility index (Phi) is 4.34. The van der Waals surface area contributed by atoms with E-state index in [-0.39, 0.29) is 5.97 Å². The molecule has 0 aromatic carbocycles. The van der Waals surface area contributed by atoms with Crippen LogP contribution in [0.4, 0.5) is 0 Å². The van der Waals surface area contributed by atoms with Crippen LogP contribution in [0.3, 0.4) is 0 Å². The fraction of sp³-hybridized carbons (Fsp3) is 0.636. The quantitative estimate of drug-likeness (QED) is 0.671. The molecule has 0 aromatic heterocycles. The molecule has 0 spiro atoms. The number of carbonyl (C=O) groups excluding carboxylic acids is 2. The van der Waals surface area contributed by atoms with E-state index in [0.29, 0.717) is 18.6 Å². The highest BCUT2D eigenvalue weighted by Gasteiger charge is 2.38. The molecule has 0 radical (unpaired) electrons. The van der Waals surface area contributed by atoms with Gasteiger partial charge in [-0.1, -0.05) is 0 Å². The van der Waals surface area contributed by atoms with Crippen molar-refractivity contribution in [1.82, 2.24) is 0 Å². The largest absolute Gasteiger partial charge is 0.501 e. The van der Waals surface area contributed by atoms with Crippen molar-refractivity contribution in [2.45, 2.75) is 12.8 Å². The first-order valence-corrected chi connectivity index (χ1v) is 5.02. The average molecular weight is 228 g/mol. The molecule has 90 valence electrons. The molecule has 0 N–H and O–H groups in total. The summed E-state index contributed by atoms with van der Waals surface area (Å²) in [5.74, 6) is -1.08. The second-order valence-corrected chi connectivity index (χ2v) is 3.57. The van der Waals surface area contributed by atoms with Crippen molar-refractivity contribution in [1.29, 1.82) is 0 Å². The first-order valence-electron chi connectivity index (χ1n) is 5.02. The second-order valence-electron chi connectivity index (χ2n) is 3.57. The predicted octanol–water partition coefficient (Wildman–Crippen LogP) is 0.889. The topological polar surface area (TPSA) is 61.8 Å². The van der Waals surface area contributed by atoms with Crippen LogP contribution in [0, 0.1) is 11.8 Å². The Bertz CT molecular complexity index is 307. The van der Waals surface area contributed by atoms with E-state index in [1.54, 1.807) is 13.2 Å². The summed E-state index contributed by atoms with van der Waals surface area (Å²) in [5.41, 5.74) is 0. The van der Waals surface area contributed by atoms with Gasteiger partial charge in [0.25, 0.3) is 0 Å². The highest BCUT2D eigenvalue weighted by atomic mass is 16.5. The summed E-state index contributed by atoms with van der Waals surface area (Å²) in [7, 11) is 4.16. The molecule has 0 saturated carbocycles. The molecule has 1 rings (SSSR count). The minimum Gasteiger partial charge on any atom is -0.501 e. The molecule has 0 amide bonds. The third-order valence-electron chi connectivity index (χ3n) is 2.78. The number of hydrogen-bond acceptors (Lipinski definition) is 5. The van der Waals surface area contributed by atoms with Gasteiger partial charge in [-0.3, -0.25) is 9.59 Å². The molecule has 0 aliphatic heterocycles. The Morgan fingerprint density at radius 1 is 1.12 bits per heavy atom. The molecular formula is C11H16O5. The van der Waals surface area contributed by atoms with Crippen molar-refractivity contribution in [2.24, 2.45) is 11.8 Å². The van der Waals surface area contributed by atoms with Gasteiger partial charge in [-0.25, -0.2) is 0 Å². The highest BCUT2D eigenvalue weighted by molar-refractivity contribution is 5.82. The highest BCUT2D eigenvalue weighted by Crippen LogP contribution is 2.31. The molecule has 16 heavy (non-hydrogen) atoms. The SMILES string of the molecule is COC(=O)C1CC=C(OC)CC1C(=O)OC. The Balaban J connectivity index is 2.85. The molecule has 0 aromatic rings. The molecule has 2 atom stereocenters.